The van der Waals surface area contributed by atoms with E-state index in [0.717, 1.165) is 23.1 Å². The number of benzene rings is 1. The zero-order chi connectivity index (χ0) is 12.4. The Balaban J connectivity index is 1.94. The van der Waals surface area contributed by atoms with Crippen LogP contribution >= 0.6 is 0 Å². The predicted molar refractivity (Wildman–Crippen MR) is 73.0 cm³/mol. The minimum atomic E-state index is 0.609. The summed E-state index contributed by atoms with van der Waals surface area (Å²) in [5.41, 5.74) is 3.11. The van der Waals surface area contributed by atoms with Crippen LogP contribution in [0, 0.1) is 0 Å². The fraction of sp³-hybridized carbons (Fsp3) is 0.143. The van der Waals surface area contributed by atoms with Crippen molar-refractivity contribution in [2.75, 3.05) is 5.32 Å². The zero-order valence-corrected chi connectivity index (χ0v) is 10.1. The number of H-pyrrole nitrogens is 1. The third kappa shape index (κ3) is 1.93. The number of rotatable bonds is 3. The molecule has 0 spiro atoms. The molecule has 0 unspecified atom stereocenters. The highest BCUT2D eigenvalue weighted by atomic mass is 15.1. The molecule has 0 saturated carbocycles. The largest absolute Gasteiger partial charge is 0.346 e. The Labute approximate surface area is 105 Å². The molecule has 2 heterocycles. The van der Waals surface area contributed by atoms with Crippen molar-refractivity contribution in [1.29, 1.82) is 0 Å². The van der Waals surface area contributed by atoms with Crippen LogP contribution in [-0.2, 0) is 6.42 Å². The van der Waals surface area contributed by atoms with E-state index in [-0.39, 0.29) is 0 Å². The summed E-state index contributed by atoms with van der Waals surface area (Å²) < 4.78 is 0. The highest BCUT2D eigenvalue weighted by Gasteiger charge is 2.05. The lowest BCUT2D eigenvalue weighted by Crippen LogP contribution is -1.96. The van der Waals surface area contributed by atoms with Gasteiger partial charge >= 0.3 is 0 Å². The first kappa shape index (κ1) is 10.8. The summed E-state index contributed by atoms with van der Waals surface area (Å²) in [5, 5.41) is 4.27. The molecule has 1 aromatic carbocycles. The van der Waals surface area contributed by atoms with Crippen molar-refractivity contribution < 1.29 is 0 Å². The van der Waals surface area contributed by atoms with E-state index in [0.29, 0.717) is 5.95 Å². The van der Waals surface area contributed by atoms with Gasteiger partial charge in [0.1, 0.15) is 5.65 Å². The predicted octanol–water partition coefficient (Wildman–Crippen LogP) is 3.26. The Morgan fingerprint density at radius 1 is 1.22 bits per heavy atom. The van der Waals surface area contributed by atoms with Gasteiger partial charge in [-0.25, -0.2) is 4.98 Å². The van der Waals surface area contributed by atoms with Crippen LogP contribution in [0.2, 0.25) is 0 Å². The first-order chi connectivity index (χ1) is 8.86. The summed E-state index contributed by atoms with van der Waals surface area (Å²) in [5.74, 6) is 0.609. The second-order valence-corrected chi connectivity index (χ2v) is 4.11. The minimum absolute atomic E-state index is 0.609. The number of hydrogen-bond acceptors (Lipinski definition) is 3. The number of aryl methyl sites for hydroxylation is 1. The van der Waals surface area contributed by atoms with Gasteiger partial charge in [-0.2, -0.15) is 4.98 Å². The van der Waals surface area contributed by atoms with E-state index in [9.17, 15) is 0 Å². The molecule has 0 radical (unpaired) electrons. The van der Waals surface area contributed by atoms with Crippen molar-refractivity contribution in [2.24, 2.45) is 0 Å². The van der Waals surface area contributed by atoms with Gasteiger partial charge < -0.3 is 10.3 Å². The Hall–Kier alpha value is -2.36. The number of nitrogens with one attached hydrogen (secondary N) is 2. The van der Waals surface area contributed by atoms with Gasteiger partial charge in [-0.05, 0) is 24.1 Å². The Bertz CT molecular complexity index is 658. The zero-order valence-electron chi connectivity index (χ0n) is 10.1. The second-order valence-electron chi connectivity index (χ2n) is 4.11. The molecule has 3 aromatic rings. The number of nitrogens with zero attached hydrogens (tertiary/aromatic N) is 2. The summed E-state index contributed by atoms with van der Waals surface area (Å²) in [6, 6.07) is 9.91. The molecule has 2 aromatic heterocycles. The van der Waals surface area contributed by atoms with Gasteiger partial charge in [-0.3, -0.25) is 0 Å². The maximum Gasteiger partial charge on any atom is 0.229 e. The van der Waals surface area contributed by atoms with Crippen molar-refractivity contribution in [1.82, 2.24) is 15.0 Å². The summed E-state index contributed by atoms with van der Waals surface area (Å²) in [7, 11) is 0. The normalized spacial score (nSPS) is 10.7. The van der Waals surface area contributed by atoms with Crippen LogP contribution in [0.1, 0.15) is 12.5 Å². The van der Waals surface area contributed by atoms with E-state index in [1.807, 2.05) is 42.7 Å². The van der Waals surface area contributed by atoms with E-state index in [4.69, 9.17) is 0 Å². The maximum absolute atomic E-state index is 4.46. The third-order valence-corrected chi connectivity index (χ3v) is 2.93. The molecule has 0 fully saturated rings. The van der Waals surface area contributed by atoms with Gasteiger partial charge in [0.25, 0.3) is 0 Å². The molecule has 0 amide bonds. The van der Waals surface area contributed by atoms with Crippen molar-refractivity contribution >= 4 is 22.7 Å². The van der Waals surface area contributed by atoms with Gasteiger partial charge in [0.05, 0.1) is 0 Å². The maximum atomic E-state index is 4.46. The highest BCUT2D eigenvalue weighted by Crippen LogP contribution is 2.19. The Morgan fingerprint density at radius 3 is 2.83 bits per heavy atom. The first-order valence-electron chi connectivity index (χ1n) is 6.02. The second kappa shape index (κ2) is 4.49. The topological polar surface area (TPSA) is 53.6 Å². The van der Waals surface area contributed by atoms with E-state index in [2.05, 4.69) is 27.2 Å². The van der Waals surface area contributed by atoms with E-state index < -0.39 is 0 Å². The molecule has 3 rings (SSSR count). The van der Waals surface area contributed by atoms with Crippen molar-refractivity contribution in [3.8, 4) is 0 Å². The lowest BCUT2D eigenvalue weighted by atomic mass is 10.2. The molecule has 4 nitrogen and oxygen atoms in total. The molecular formula is C14H14N4. The number of anilines is 2. The standard InChI is InChI=1S/C14H14N4/c1-2-10-8-15-13-12(10)9-16-14(18-13)17-11-6-4-3-5-7-11/h3-9H,2H2,1H3,(H2,15,16,17,18). The van der Waals surface area contributed by atoms with Crippen molar-refractivity contribution in [3.05, 3.63) is 48.3 Å². The van der Waals surface area contributed by atoms with Crippen molar-refractivity contribution in [3.63, 3.8) is 0 Å². The summed E-state index contributed by atoms with van der Waals surface area (Å²) in [6.07, 6.45) is 4.84. The lowest BCUT2D eigenvalue weighted by molar-refractivity contribution is 1.15. The first-order valence-corrected chi connectivity index (χ1v) is 6.02. The molecule has 0 bridgehead atoms. The highest BCUT2D eigenvalue weighted by molar-refractivity contribution is 5.80. The van der Waals surface area contributed by atoms with Gasteiger partial charge in [0, 0.05) is 23.5 Å². The molecule has 4 heteroatoms. The van der Waals surface area contributed by atoms with Crippen LogP contribution in [0.5, 0.6) is 0 Å². The SMILES string of the molecule is CCc1c[nH]c2nc(Nc3ccccc3)ncc12. The number of aromatic amines is 1. The van der Waals surface area contributed by atoms with Gasteiger partial charge in [-0.15, -0.1) is 0 Å². The van der Waals surface area contributed by atoms with Gasteiger partial charge in [-0.1, -0.05) is 25.1 Å². The molecule has 0 aliphatic rings. The average molecular weight is 238 g/mol. The Kier molecular flexibility index (Phi) is 2.68. The number of aromatic nitrogens is 3. The molecule has 0 aliphatic heterocycles. The summed E-state index contributed by atoms with van der Waals surface area (Å²) in [6.45, 7) is 2.12. The molecule has 0 aliphatic carbocycles. The van der Waals surface area contributed by atoms with Crippen LogP contribution in [0.4, 0.5) is 11.6 Å². The monoisotopic (exact) mass is 238 g/mol. The Morgan fingerprint density at radius 2 is 2.06 bits per heavy atom. The molecular weight excluding hydrogens is 224 g/mol. The molecule has 18 heavy (non-hydrogen) atoms. The number of hydrogen-bond donors (Lipinski definition) is 2. The number of para-hydroxylation sites is 1. The van der Waals surface area contributed by atoms with Crippen LogP contribution in [-0.4, -0.2) is 15.0 Å². The van der Waals surface area contributed by atoms with E-state index in [1.54, 1.807) is 0 Å². The number of fused-ring (bicyclic) bond motifs is 1. The minimum Gasteiger partial charge on any atom is -0.346 e. The van der Waals surface area contributed by atoms with Gasteiger partial charge in [0.2, 0.25) is 5.95 Å². The smallest absolute Gasteiger partial charge is 0.229 e. The summed E-state index contributed by atoms with van der Waals surface area (Å²) in [4.78, 5) is 12.0. The quantitative estimate of drug-likeness (QED) is 0.736. The molecule has 0 atom stereocenters. The van der Waals surface area contributed by atoms with Crippen LogP contribution < -0.4 is 5.32 Å². The fourth-order valence-electron chi connectivity index (χ4n) is 1.96. The van der Waals surface area contributed by atoms with Crippen LogP contribution in [0.25, 0.3) is 11.0 Å². The average Bonchev–Trinajstić information content (AvgIpc) is 2.82. The lowest BCUT2D eigenvalue weighted by Gasteiger charge is -2.03. The summed E-state index contributed by atoms with van der Waals surface area (Å²) >= 11 is 0. The van der Waals surface area contributed by atoms with Crippen molar-refractivity contribution in [2.45, 2.75) is 13.3 Å². The van der Waals surface area contributed by atoms with E-state index >= 15 is 0 Å². The van der Waals surface area contributed by atoms with Crippen LogP contribution in [0.3, 0.4) is 0 Å². The molecule has 0 saturated heterocycles. The molecule has 2 N–H and O–H groups in total. The van der Waals surface area contributed by atoms with Crippen LogP contribution in [0.15, 0.2) is 42.7 Å². The van der Waals surface area contributed by atoms with E-state index in [1.165, 1.54) is 5.56 Å². The third-order valence-electron chi connectivity index (χ3n) is 2.93. The molecule has 90 valence electrons. The van der Waals surface area contributed by atoms with Gasteiger partial charge in [0.15, 0.2) is 0 Å². The fourth-order valence-corrected chi connectivity index (χ4v) is 1.96.